The summed E-state index contributed by atoms with van der Waals surface area (Å²) in [5.74, 6) is -0.261. The second-order valence-corrected chi connectivity index (χ2v) is 5.58. The summed E-state index contributed by atoms with van der Waals surface area (Å²) in [6.07, 6.45) is 1.95. The Bertz CT molecular complexity index is 476. The molecule has 0 radical (unpaired) electrons. The van der Waals surface area contributed by atoms with Crippen LogP contribution in [0, 0.1) is 13.8 Å². The largest absolute Gasteiger partial charge is 0.347 e. The maximum atomic E-state index is 12.4. The number of rotatable bonds is 2. The van der Waals surface area contributed by atoms with E-state index in [0.717, 1.165) is 29.8 Å². The van der Waals surface area contributed by atoms with Crippen molar-refractivity contribution in [1.29, 1.82) is 0 Å². The highest BCUT2D eigenvalue weighted by atomic mass is 16.7. The van der Waals surface area contributed by atoms with Crippen LogP contribution in [0.15, 0.2) is 0 Å². The lowest BCUT2D eigenvalue weighted by Crippen LogP contribution is -2.47. The molecule has 0 bridgehead atoms. The van der Waals surface area contributed by atoms with Gasteiger partial charge in [-0.15, -0.1) is 0 Å². The molecule has 3 rings (SSSR count). The smallest absolute Gasteiger partial charge is 0.227 e. The van der Waals surface area contributed by atoms with Crippen molar-refractivity contribution >= 4 is 5.91 Å². The first kappa shape index (κ1) is 13.6. The first-order chi connectivity index (χ1) is 9.60. The van der Waals surface area contributed by atoms with Gasteiger partial charge in [0.15, 0.2) is 5.79 Å². The van der Waals surface area contributed by atoms with E-state index in [1.165, 1.54) is 0 Å². The van der Waals surface area contributed by atoms with Crippen molar-refractivity contribution in [1.82, 2.24) is 15.1 Å². The van der Waals surface area contributed by atoms with Crippen molar-refractivity contribution in [3.63, 3.8) is 0 Å². The van der Waals surface area contributed by atoms with Crippen LogP contribution in [-0.2, 0) is 20.7 Å². The molecule has 1 amide bonds. The van der Waals surface area contributed by atoms with Gasteiger partial charge in [-0.2, -0.15) is 5.10 Å². The van der Waals surface area contributed by atoms with Gasteiger partial charge in [0, 0.05) is 37.2 Å². The topological polar surface area (TPSA) is 67.5 Å². The fourth-order valence-corrected chi connectivity index (χ4v) is 2.98. The van der Waals surface area contributed by atoms with E-state index in [9.17, 15) is 4.79 Å². The van der Waals surface area contributed by atoms with E-state index in [4.69, 9.17) is 9.47 Å². The monoisotopic (exact) mass is 279 g/mol. The highest BCUT2D eigenvalue weighted by molar-refractivity contribution is 5.79. The van der Waals surface area contributed by atoms with Crippen molar-refractivity contribution in [3.05, 3.63) is 17.0 Å². The third-order valence-electron chi connectivity index (χ3n) is 4.30. The number of aryl methyl sites for hydroxylation is 2. The lowest BCUT2D eigenvalue weighted by Gasteiger charge is -2.37. The number of ether oxygens (including phenoxy) is 2. The summed E-state index contributed by atoms with van der Waals surface area (Å²) in [7, 11) is 0. The average Bonchev–Trinajstić information content (AvgIpc) is 3.02. The number of aromatic nitrogens is 2. The lowest BCUT2D eigenvalue weighted by atomic mass is 10.0. The predicted octanol–water partition coefficient (Wildman–Crippen LogP) is 0.935. The van der Waals surface area contributed by atoms with Crippen LogP contribution in [0.1, 0.15) is 29.8 Å². The number of carbonyl (C=O) groups is 1. The Hall–Kier alpha value is -1.40. The van der Waals surface area contributed by atoms with E-state index in [-0.39, 0.29) is 5.91 Å². The summed E-state index contributed by atoms with van der Waals surface area (Å²) in [6.45, 7) is 6.62. The summed E-state index contributed by atoms with van der Waals surface area (Å²) >= 11 is 0. The molecule has 2 saturated heterocycles. The molecular formula is C14H21N3O3. The van der Waals surface area contributed by atoms with Crippen LogP contribution in [0.5, 0.6) is 0 Å². The van der Waals surface area contributed by atoms with Gasteiger partial charge in [-0.25, -0.2) is 0 Å². The van der Waals surface area contributed by atoms with Crippen LogP contribution in [-0.4, -0.2) is 53.1 Å². The van der Waals surface area contributed by atoms with Gasteiger partial charge in [0.1, 0.15) is 0 Å². The van der Waals surface area contributed by atoms with Crippen LogP contribution >= 0.6 is 0 Å². The van der Waals surface area contributed by atoms with Gasteiger partial charge in [0.05, 0.1) is 25.3 Å². The fraction of sp³-hybridized carbons (Fsp3) is 0.714. The number of carbonyl (C=O) groups excluding carboxylic acids is 1. The predicted molar refractivity (Wildman–Crippen MR) is 72.2 cm³/mol. The van der Waals surface area contributed by atoms with Gasteiger partial charge in [-0.1, -0.05) is 0 Å². The summed E-state index contributed by atoms with van der Waals surface area (Å²) in [6, 6.07) is 0. The van der Waals surface area contributed by atoms with Gasteiger partial charge in [-0.3, -0.25) is 9.89 Å². The molecular weight excluding hydrogens is 258 g/mol. The molecule has 2 aliphatic heterocycles. The normalized spacial score (nSPS) is 21.6. The molecule has 0 atom stereocenters. The number of H-pyrrole nitrogens is 1. The van der Waals surface area contributed by atoms with E-state index in [0.29, 0.717) is 32.7 Å². The zero-order chi connectivity index (χ0) is 14.2. The number of hydrogen-bond acceptors (Lipinski definition) is 4. The molecule has 0 aliphatic carbocycles. The van der Waals surface area contributed by atoms with Crippen LogP contribution in [0.4, 0.5) is 0 Å². The van der Waals surface area contributed by atoms with Gasteiger partial charge in [0.25, 0.3) is 0 Å². The van der Waals surface area contributed by atoms with Gasteiger partial charge in [-0.05, 0) is 13.8 Å². The number of nitrogens with zero attached hydrogens (tertiary/aromatic N) is 2. The Morgan fingerprint density at radius 2 is 1.95 bits per heavy atom. The van der Waals surface area contributed by atoms with Crippen LogP contribution < -0.4 is 0 Å². The second kappa shape index (κ2) is 5.18. The number of nitrogens with one attached hydrogen (secondary N) is 1. The third-order valence-corrected chi connectivity index (χ3v) is 4.30. The molecule has 0 unspecified atom stereocenters. The molecule has 0 saturated carbocycles. The average molecular weight is 279 g/mol. The molecule has 2 fully saturated rings. The number of likely N-dealkylation sites (tertiary alicyclic amines) is 1. The summed E-state index contributed by atoms with van der Waals surface area (Å²) in [4.78, 5) is 14.3. The molecule has 20 heavy (non-hydrogen) atoms. The molecule has 1 aromatic heterocycles. The number of aromatic amines is 1. The van der Waals surface area contributed by atoms with Crippen LogP contribution in [0.2, 0.25) is 0 Å². The molecule has 1 aromatic rings. The maximum absolute atomic E-state index is 12.4. The molecule has 6 nitrogen and oxygen atoms in total. The Morgan fingerprint density at radius 3 is 2.50 bits per heavy atom. The molecule has 1 N–H and O–H groups in total. The molecule has 2 aliphatic rings. The van der Waals surface area contributed by atoms with Crippen molar-refractivity contribution in [3.8, 4) is 0 Å². The first-order valence-electron chi connectivity index (χ1n) is 7.16. The van der Waals surface area contributed by atoms with Gasteiger partial charge in [0.2, 0.25) is 5.91 Å². The minimum Gasteiger partial charge on any atom is -0.347 e. The highest BCUT2D eigenvalue weighted by Crippen LogP contribution is 2.31. The van der Waals surface area contributed by atoms with E-state index >= 15 is 0 Å². The Balaban J connectivity index is 1.59. The quantitative estimate of drug-likeness (QED) is 0.874. The summed E-state index contributed by atoms with van der Waals surface area (Å²) < 4.78 is 11.4. The Morgan fingerprint density at radius 1 is 1.30 bits per heavy atom. The minimum absolute atomic E-state index is 0.158. The number of piperidine rings is 1. The van der Waals surface area contributed by atoms with E-state index < -0.39 is 5.79 Å². The van der Waals surface area contributed by atoms with Crippen molar-refractivity contribution in [2.45, 2.75) is 38.9 Å². The van der Waals surface area contributed by atoms with Crippen molar-refractivity contribution < 1.29 is 14.3 Å². The van der Waals surface area contributed by atoms with Gasteiger partial charge >= 0.3 is 0 Å². The van der Waals surface area contributed by atoms with Crippen LogP contribution in [0.25, 0.3) is 0 Å². The lowest BCUT2D eigenvalue weighted by molar-refractivity contribution is -0.187. The fourth-order valence-electron chi connectivity index (χ4n) is 2.98. The maximum Gasteiger partial charge on any atom is 0.227 e. The first-order valence-corrected chi connectivity index (χ1v) is 7.16. The van der Waals surface area contributed by atoms with Crippen LogP contribution in [0.3, 0.4) is 0 Å². The standard InChI is InChI=1S/C14H21N3O3/c1-10-12(11(2)16-15-10)9-13(18)17-5-3-14(4-6-17)19-7-8-20-14/h3-9H2,1-2H3,(H,15,16). The number of amides is 1. The molecule has 110 valence electrons. The minimum atomic E-state index is -0.418. The molecule has 1 spiro atoms. The summed E-state index contributed by atoms with van der Waals surface area (Å²) in [5.41, 5.74) is 2.90. The van der Waals surface area contributed by atoms with E-state index in [1.54, 1.807) is 0 Å². The molecule has 3 heterocycles. The second-order valence-electron chi connectivity index (χ2n) is 5.58. The van der Waals surface area contributed by atoms with Crippen molar-refractivity contribution in [2.75, 3.05) is 26.3 Å². The Kier molecular flexibility index (Phi) is 3.52. The van der Waals surface area contributed by atoms with Gasteiger partial charge < -0.3 is 14.4 Å². The molecule has 6 heteroatoms. The Labute approximate surface area is 118 Å². The zero-order valence-corrected chi connectivity index (χ0v) is 12.1. The van der Waals surface area contributed by atoms with E-state index in [1.807, 2.05) is 18.7 Å². The van der Waals surface area contributed by atoms with Crippen molar-refractivity contribution in [2.24, 2.45) is 0 Å². The zero-order valence-electron chi connectivity index (χ0n) is 12.1. The number of hydrogen-bond donors (Lipinski definition) is 1. The van der Waals surface area contributed by atoms with E-state index in [2.05, 4.69) is 10.2 Å². The molecule has 0 aromatic carbocycles. The summed E-state index contributed by atoms with van der Waals surface area (Å²) in [5, 5.41) is 7.06. The third kappa shape index (κ3) is 2.45. The highest BCUT2D eigenvalue weighted by Gasteiger charge is 2.40. The SMILES string of the molecule is Cc1n[nH]c(C)c1CC(=O)N1CCC2(CC1)OCCO2.